The summed E-state index contributed by atoms with van der Waals surface area (Å²) in [6.45, 7) is 6.89. The van der Waals surface area contributed by atoms with Crippen molar-refractivity contribution in [3.63, 3.8) is 0 Å². The van der Waals surface area contributed by atoms with Crippen LogP contribution in [0.5, 0.6) is 0 Å². The molecule has 1 atom stereocenters. The predicted octanol–water partition coefficient (Wildman–Crippen LogP) is 6.05. The summed E-state index contributed by atoms with van der Waals surface area (Å²) in [5.41, 5.74) is 2.62. The highest BCUT2D eigenvalue weighted by Crippen LogP contribution is 2.45. The van der Waals surface area contributed by atoms with Crippen molar-refractivity contribution in [2.24, 2.45) is 11.3 Å². The normalized spacial score (nSPS) is 15.9. The summed E-state index contributed by atoms with van der Waals surface area (Å²) >= 11 is 10.3. The van der Waals surface area contributed by atoms with Crippen LogP contribution in [0.3, 0.4) is 0 Å². The van der Waals surface area contributed by atoms with Crippen LogP contribution in [0.2, 0.25) is 0 Å². The number of nitrogens with zero attached hydrogens (tertiary/aromatic N) is 1. The first-order chi connectivity index (χ1) is 13.7. The maximum atomic E-state index is 12.4. The van der Waals surface area contributed by atoms with Crippen LogP contribution >= 0.6 is 39.5 Å². The molecule has 152 valence electrons. The average molecular weight is 490 g/mol. The summed E-state index contributed by atoms with van der Waals surface area (Å²) in [6.07, 6.45) is 4.15. The molecule has 0 bridgehead atoms. The molecule has 7 heteroatoms. The zero-order chi connectivity index (χ0) is 21.2. The van der Waals surface area contributed by atoms with Crippen molar-refractivity contribution in [1.82, 2.24) is 5.32 Å². The van der Waals surface area contributed by atoms with E-state index in [1.54, 1.807) is 35.6 Å². The molecule has 2 N–H and O–H groups in total. The molecule has 0 unspecified atom stereocenters. The minimum atomic E-state index is -0.278. The van der Waals surface area contributed by atoms with E-state index >= 15 is 0 Å². The molecule has 1 aromatic carbocycles. The highest BCUT2D eigenvalue weighted by molar-refractivity contribution is 9.10. The summed E-state index contributed by atoms with van der Waals surface area (Å²) in [7, 11) is 0. The number of hydrogen-bond donors (Lipinski definition) is 2. The minimum Gasteiger partial charge on any atom is -0.323 e. The van der Waals surface area contributed by atoms with Crippen molar-refractivity contribution in [2.45, 2.75) is 46.5 Å². The largest absolute Gasteiger partial charge is 0.323 e. The standard InChI is InChI=1S/C22H24BrN3OS2/c1-4-22(2,3)14-7-10-16-17(12-24)20(29-18(16)11-14)26-21(28)25-19(27)13-5-8-15(23)9-6-13/h5-6,8-9,14H,4,7,10-11H2,1-3H3,(H2,25,26,27,28)/t14-/m0/s1. The number of fused-ring (bicyclic) bond motifs is 1. The number of nitrogens with one attached hydrogen (secondary N) is 2. The van der Waals surface area contributed by atoms with Crippen LogP contribution in [0.25, 0.3) is 0 Å². The van der Waals surface area contributed by atoms with Crippen LogP contribution in [0.1, 0.15) is 60.0 Å². The Labute approximate surface area is 189 Å². The molecule has 0 spiro atoms. The summed E-state index contributed by atoms with van der Waals surface area (Å²) in [5.74, 6) is 0.335. The van der Waals surface area contributed by atoms with E-state index in [1.165, 1.54) is 4.88 Å². The molecule has 3 rings (SSSR count). The third kappa shape index (κ3) is 4.88. The zero-order valence-electron chi connectivity index (χ0n) is 16.8. The number of hydrogen-bond acceptors (Lipinski definition) is 4. The van der Waals surface area contributed by atoms with Gasteiger partial charge in [-0.05, 0) is 72.6 Å². The van der Waals surface area contributed by atoms with Crippen molar-refractivity contribution in [1.29, 1.82) is 5.26 Å². The Morgan fingerprint density at radius 3 is 2.69 bits per heavy atom. The molecular formula is C22H24BrN3OS2. The van der Waals surface area contributed by atoms with Gasteiger partial charge in [-0.15, -0.1) is 11.3 Å². The van der Waals surface area contributed by atoms with Crippen LogP contribution in [-0.2, 0) is 12.8 Å². The van der Waals surface area contributed by atoms with Gasteiger partial charge in [0.2, 0.25) is 0 Å². The maximum Gasteiger partial charge on any atom is 0.257 e. The molecule has 2 aromatic rings. The highest BCUT2D eigenvalue weighted by Gasteiger charge is 2.34. The van der Waals surface area contributed by atoms with Gasteiger partial charge in [0.05, 0.1) is 5.56 Å². The molecule has 29 heavy (non-hydrogen) atoms. The van der Waals surface area contributed by atoms with Crippen molar-refractivity contribution >= 4 is 55.5 Å². The van der Waals surface area contributed by atoms with Gasteiger partial charge in [-0.25, -0.2) is 0 Å². The van der Waals surface area contributed by atoms with E-state index in [9.17, 15) is 10.1 Å². The number of thiocarbonyl (C=S) groups is 1. The number of amides is 1. The predicted molar refractivity (Wildman–Crippen MR) is 126 cm³/mol. The third-order valence-corrected chi connectivity index (χ3v) is 7.86. The van der Waals surface area contributed by atoms with Gasteiger partial charge in [-0.3, -0.25) is 10.1 Å². The van der Waals surface area contributed by atoms with E-state index in [2.05, 4.69) is 53.4 Å². The van der Waals surface area contributed by atoms with E-state index in [0.29, 0.717) is 17.0 Å². The lowest BCUT2D eigenvalue weighted by Gasteiger charge is -2.36. The fourth-order valence-electron chi connectivity index (χ4n) is 3.66. The number of rotatable bonds is 4. The SMILES string of the molecule is CCC(C)(C)[C@H]1CCc2c(sc(NC(=S)NC(=O)c3ccc(Br)cc3)c2C#N)C1. The highest BCUT2D eigenvalue weighted by atomic mass is 79.9. The number of thiophene rings is 1. The fraction of sp³-hybridized carbons (Fsp3) is 0.409. The Hall–Kier alpha value is -1.75. The second-order valence-electron chi connectivity index (χ2n) is 8.02. The van der Waals surface area contributed by atoms with Crippen LogP contribution in [0.4, 0.5) is 5.00 Å². The first-order valence-corrected chi connectivity index (χ1v) is 11.7. The smallest absolute Gasteiger partial charge is 0.257 e. The number of carbonyl (C=O) groups excluding carboxylic acids is 1. The van der Waals surface area contributed by atoms with Gasteiger partial charge in [0.25, 0.3) is 5.91 Å². The number of carbonyl (C=O) groups is 1. The second-order valence-corrected chi connectivity index (χ2v) is 10.4. The molecule has 0 aliphatic heterocycles. The van der Waals surface area contributed by atoms with E-state index in [4.69, 9.17) is 12.2 Å². The van der Waals surface area contributed by atoms with Gasteiger partial charge in [-0.2, -0.15) is 5.26 Å². The van der Waals surface area contributed by atoms with Crippen LogP contribution in [-0.4, -0.2) is 11.0 Å². The Kier molecular flexibility index (Phi) is 6.77. The molecule has 4 nitrogen and oxygen atoms in total. The van der Waals surface area contributed by atoms with Gasteiger partial charge in [0, 0.05) is 14.9 Å². The lowest BCUT2D eigenvalue weighted by molar-refractivity contribution is 0.0977. The van der Waals surface area contributed by atoms with Gasteiger partial charge in [0.15, 0.2) is 5.11 Å². The number of nitriles is 1. The Morgan fingerprint density at radius 2 is 2.07 bits per heavy atom. The van der Waals surface area contributed by atoms with Gasteiger partial charge in [-0.1, -0.05) is 43.1 Å². The summed E-state index contributed by atoms with van der Waals surface area (Å²) in [6, 6.07) is 9.40. The Balaban J connectivity index is 1.73. The zero-order valence-corrected chi connectivity index (χ0v) is 20.0. The summed E-state index contributed by atoms with van der Waals surface area (Å²) < 4.78 is 0.905. The first kappa shape index (κ1) is 21.9. The number of anilines is 1. The molecule has 0 radical (unpaired) electrons. The van der Waals surface area contributed by atoms with Crippen LogP contribution in [0, 0.1) is 22.7 Å². The van der Waals surface area contributed by atoms with E-state index in [1.807, 2.05) is 0 Å². The maximum absolute atomic E-state index is 12.4. The molecule has 0 saturated carbocycles. The van der Waals surface area contributed by atoms with Crippen molar-refractivity contribution < 1.29 is 4.79 Å². The molecule has 0 fully saturated rings. The molecular weight excluding hydrogens is 466 g/mol. The molecule has 1 aromatic heterocycles. The van der Waals surface area contributed by atoms with E-state index < -0.39 is 0 Å². The topological polar surface area (TPSA) is 64.9 Å². The second kappa shape index (κ2) is 8.95. The first-order valence-electron chi connectivity index (χ1n) is 9.67. The van der Waals surface area contributed by atoms with Gasteiger partial charge < -0.3 is 5.32 Å². The minimum absolute atomic E-state index is 0.207. The average Bonchev–Trinajstić information content (AvgIpc) is 3.04. The molecule has 1 heterocycles. The van der Waals surface area contributed by atoms with Crippen molar-refractivity contribution in [2.75, 3.05) is 5.32 Å². The fourth-order valence-corrected chi connectivity index (χ4v) is 5.46. The lowest BCUT2D eigenvalue weighted by atomic mass is 9.69. The number of benzene rings is 1. The molecule has 1 aliphatic carbocycles. The molecule has 0 saturated heterocycles. The molecule has 1 amide bonds. The van der Waals surface area contributed by atoms with Crippen molar-refractivity contribution in [3.05, 3.63) is 50.3 Å². The van der Waals surface area contributed by atoms with Crippen LogP contribution in [0.15, 0.2) is 28.7 Å². The van der Waals surface area contributed by atoms with Crippen molar-refractivity contribution in [3.8, 4) is 6.07 Å². The third-order valence-electron chi connectivity index (χ3n) is 5.95. The van der Waals surface area contributed by atoms with Gasteiger partial charge in [0.1, 0.15) is 11.1 Å². The molecule has 1 aliphatic rings. The number of halogens is 1. The van der Waals surface area contributed by atoms with E-state index in [-0.39, 0.29) is 16.4 Å². The summed E-state index contributed by atoms with van der Waals surface area (Å²) in [4.78, 5) is 13.6. The lowest BCUT2D eigenvalue weighted by Crippen LogP contribution is -2.34. The van der Waals surface area contributed by atoms with Crippen LogP contribution < -0.4 is 10.6 Å². The van der Waals surface area contributed by atoms with Gasteiger partial charge >= 0.3 is 0 Å². The monoisotopic (exact) mass is 489 g/mol. The summed E-state index contributed by atoms with van der Waals surface area (Å²) in [5, 5.41) is 16.4. The Bertz CT molecular complexity index is 973. The van der Waals surface area contributed by atoms with E-state index in [0.717, 1.165) is 40.7 Å². The Morgan fingerprint density at radius 1 is 1.38 bits per heavy atom. The quantitative estimate of drug-likeness (QED) is 0.512.